The van der Waals surface area contributed by atoms with Gasteiger partial charge in [-0.2, -0.15) is 0 Å². The van der Waals surface area contributed by atoms with Crippen molar-refractivity contribution >= 4 is 35.0 Å². The molecular weight excluding hydrogens is 434 g/mol. The van der Waals surface area contributed by atoms with E-state index in [1.807, 2.05) is 61.8 Å². The summed E-state index contributed by atoms with van der Waals surface area (Å²) >= 11 is 7.77. The van der Waals surface area contributed by atoms with Gasteiger partial charge in [-0.05, 0) is 54.8 Å². The Morgan fingerprint density at radius 3 is 2.71 bits per heavy atom. The van der Waals surface area contributed by atoms with Crippen molar-refractivity contribution in [3.8, 4) is 5.75 Å². The molecule has 1 aliphatic rings. The highest BCUT2D eigenvalue weighted by Crippen LogP contribution is 2.39. The van der Waals surface area contributed by atoms with Gasteiger partial charge in [0.25, 0.3) is 0 Å². The molecule has 1 amide bonds. The van der Waals surface area contributed by atoms with Crippen LogP contribution >= 0.6 is 23.4 Å². The van der Waals surface area contributed by atoms with Gasteiger partial charge in [0.2, 0.25) is 11.1 Å². The number of rotatable bonds is 5. The van der Waals surface area contributed by atoms with Crippen molar-refractivity contribution in [2.45, 2.75) is 43.6 Å². The third kappa shape index (κ3) is 4.22. The molecule has 0 spiro atoms. The van der Waals surface area contributed by atoms with Crippen LogP contribution in [0.15, 0.2) is 41.6 Å². The van der Waals surface area contributed by atoms with Crippen LogP contribution in [0, 0.1) is 13.8 Å². The van der Waals surface area contributed by atoms with Gasteiger partial charge in [-0.3, -0.25) is 4.79 Å². The Labute approximate surface area is 190 Å². The average molecular weight is 458 g/mol. The molecule has 0 saturated heterocycles. The topological polar surface area (TPSA) is 81.1 Å². The first-order chi connectivity index (χ1) is 14.9. The number of ether oxygens (including phenoxy) is 1. The van der Waals surface area contributed by atoms with Crippen LogP contribution in [0.2, 0.25) is 5.02 Å². The van der Waals surface area contributed by atoms with E-state index in [0.29, 0.717) is 15.9 Å². The van der Waals surface area contributed by atoms with Crippen molar-refractivity contribution in [3.63, 3.8) is 0 Å². The number of amides is 1. The van der Waals surface area contributed by atoms with Gasteiger partial charge in [0.15, 0.2) is 5.82 Å². The van der Waals surface area contributed by atoms with E-state index in [9.17, 15) is 4.79 Å². The zero-order chi connectivity index (χ0) is 22.1. The van der Waals surface area contributed by atoms with Crippen molar-refractivity contribution in [3.05, 3.63) is 63.9 Å². The second-order valence-electron chi connectivity index (χ2n) is 7.42. The van der Waals surface area contributed by atoms with E-state index in [-0.39, 0.29) is 11.9 Å². The van der Waals surface area contributed by atoms with Crippen molar-refractivity contribution in [1.29, 1.82) is 0 Å². The number of benzene rings is 2. The van der Waals surface area contributed by atoms with Gasteiger partial charge in [0.1, 0.15) is 11.0 Å². The summed E-state index contributed by atoms with van der Waals surface area (Å²) in [6.07, 6.45) is 0.718. The predicted octanol–water partition coefficient (Wildman–Crippen LogP) is 4.52. The van der Waals surface area contributed by atoms with Gasteiger partial charge in [0.05, 0.1) is 18.2 Å². The first kappa shape index (κ1) is 21.5. The van der Waals surface area contributed by atoms with Crippen molar-refractivity contribution < 1.29 is 9.53 Å². The molecular formula is C22H24ClN5O2S. The third-order valence-corrected chi connectivity index (χ3v) is 6.90. The minimum absolute atomic E-state index is 0.120. The van der Waals surface area contributed by atoms with Gasteiger partial charge >= 0.3 is 0 Å². The van der Waals surface area contributed by atoms with Gasteiger partial charge in [-0.25, -0.2) is 4.68 Å². The van der Waals surface area contributed by atoms with Crippen LogP contribution in [-0.4, -0.2) is 33.1 Å². The molecule has 2 N–H and O–H groups in total. The molecule has 9 heteroatoms. The summed E-state index contributed by atoms with van der Waals surface area (Å²) in [5, 5.41) is 12.2. The zero-order valence-electron chi connectivity index (χ0n) is 17.8. The molecule has 2 heterocycles. The Bertz CT molecular complexity index is 1130. The molecule has 3 aromatic rings. The second-order valence-corrected chi connectivity index (χ2v) is 8.93. The maximum Gasteiger partial charge on any atom is 0.240 e. The molecule has 162 valence electrons. The average Bonchev–Trinajstić information content (AvgIpc) is 3.17. The summed E-state index contributed by atoms with van der Waals surface area (Å²) in [5.41, 5.74) is 7.37. The number of methoxy groups -OCH3 is 1. The largest absolute Gasteiger partial charge is 0.495 e. The molecule has 0 bridgehead atoms. The minimum atomic E-state index is -0.479. The molecule has 0 radical (unpaired) electrons. The molecule has 0 saturated carbocycles. The van der Waals surface area contributed by atoms with Crippen molar-refractivity contribution in [2.75, 3.05) is 17.9 Å². The summed E-state index contributed by atoms with van der Waals surface area (Å²) in [6, 6.07) is 11.1. The summed E-state index contributed by atoms with van der Waals surface area (Å²) in [4.78, 5) is 13.4. The van der Waals surface area contributed by atoms with Crippen molar-refractivity contribution in [1.82, 2.24) is 14.9 Å². The smallest absolute Gasteiger partial charge is 0.240 e. The number of carbonyl (C=O) groups is 1. The lowest BCUT2D eigenvalue weighted by molar-refractivity contribution is -0.116. The monoisotopic (exact) mass is 457 g/mol. The maximum absolute atomic E-state index is 13.4. The molecule has 1 aliphatic heterocycles. The Morgan fingerprint density at radius 2 is 2.03 bits per heavy atom. The lowest BCUT2D eigenvalue weighted by Crippen LogP contribution is -2.41. The van der Waals surface area contributed by atoms with Crippen LogP contribution in [0.3, 0.4) is 0 Å². The first-order valence-corrected chi connectivity index (χ1v) is 11.3. The quantitative estimate of drug-likeness (QED) is 0.586. The number of hydrogen-bond donors (Lipinski definition) is 2. The number of hydrogen-bond acceptors (Lipinski definition) is 6. The van der Waals surface area contributed by atoms with Gasteiger partial charge < -0.3 is 15.5 Å². The van der Waals surface area contributed by atoms with Gasteiger partial charge in [-0.15, -0.1) is 10.2 Å². The molecule has 2 atom stereocenters. The number of aryl methyl sites for hydroxylation is 3. The summed E-state index contributed by atoms with van der Waals surface area (Å²) in [7, 11) is 1.58. The van der Waals surface area contributed by atoms with E-state index in [1.54, 1.807) is 7.11 Å². The third-order valence-electron chi connectivity index (χ3n) is 5.39. The van der Waals surface area contributed by atoms with Gasteiger partial charge in [-0.1, -0.05) is 42.4 Å². The summed E-state index contributed by atoms with van der Waals surface area (Å²) in [6.45, 7) is 6.09. The van der Waals surface area contributed by atoms with Gasteiger partial charge in [0, 0.05) is 12.1 Å². The molecule has 0 fully saturated rings. The van der Waals surface area contributed by atoms with Crippen LogP contribution in [0.25, 0.3) is 0 Å². The van der Waals surface area contributed by atoms with E-state index in [2.05, 4.69) is 20.9 Å². The zero-order valence-corrected chi connectivity index (χ0v) is 19.3. The Balaban J connectivity index is 1.69. The number of thioether (sulfide) groups is 1. The SMILES string of the molecule is CCc1nnc2n1N[C@@H](c1ccc(OC)c(Cl)c1)[C@@H](C(=O)Nc1ccc(C)c(C)c1)S2. The highest BCUT2D eigenvalue weighted by Gasteiger charge is 2.38. The molecule has 31 heavy (non-hydrogen) atoms. The first-order valence-electron chi connectivity index (χ1n) is 10.00. The van der Waals surface area contributed by atoms with Crippen LogP contribution in [0.1, 0.15) is 35.5 Å². The Kier molecular flexibility index (Phi) is 6.11. The molecule has 2 aromatic carbocycles. The molecule has 4 rings (SSSR count). The fraction of sp³-hybridized carbons (Fsp3) is 0.318. The fourth-order valence-electron chi connectivity index (χ4n) is 3.49. The standard InChI is InChI=1S/C22H24ClN5O2S/c1-5-18-25-26-22-28(18)27-19(14-7-9-17(30-4)16(23)11-14)20(31-22)21(29)24-15-8-6-12(2)13(3)10-15/h6-11,19-20,27H,5H2,1-4H3,(H,24,29)/t19-,20-/m0/s1. The van der Waals surface area contributed by atoms with E-state index in [4.69, 9.17) is 16.3 Å². The van der Waals surface area contributed by atoms with Crippen molar-refractivity contribution in [2.24, 2.45) is 0 Å². The lowest BCUT2D eigenvalue weighted by atomic mass is 10.0. The molecule has 0 aliphatic carbocycles. The van der Waals surface area contributed by atoms with Crippen LogP contribution in [0.4, 0.5) is 5.69 Å². The Morgan fingerprint density at radius 1 is 1.23 bits per heavy atom. The van der Waals surface area contributed by atoms with Crippen LogP contribution in [-0.2, 0) is 11.2 Å². The van der Waals surface area contributed by atoms with E-state index < -0.39 is 5.25 Å². The van der Waals surface area contributed by atoms with Crippen LogP contribution in [0.5, 0.6) is 5.75 Å². The normalized spacial score (nSPS) is 17.6. The number of nitrogens with zero attached hydrogens (tertiary/aromatic N) is 3. The minimum Gasteiger partial charge on any atom is -0.495 e. The predicted molar refractivity (Wildman–Crippen MR) is 124 cm³/mol. The Hall–Kier alpha value is -2.71. The number of fused-ring (bicyclic) bond motifs is 1. The summed E-state index contributed by atoms with van der Waals surface area (Å²) < 4.78 is 7.13. The fourth-order valence-corrected chi connectivity index (χ4v) is 4.85. The number of aromatic nitrogens is 3. The van der Waals surface area contributed by atoms with E-state index in [0.717, 1.165) is 29.1 Å². The number of nitrogens with one attached hydrogen (secondary N) is 2. The van der Waals surface area contributed by atoms with E-state index in [1.165, 1.54) is 17.3 Å². The number of anilines is 1. The summed E-state index contributed by atoms with van der Waals surface area (Å²) in [5.74, 6) is 1.27. The van der Waals surface area contributed by atoms with Crippen LogP contribution < -0.4 is 15.5 Å². The number of carbonyl (C=O) groups excluding carboxylic acids is 1. The highest BCUT2D eigenvalue weighted by atomic mass is 35.5. The molecule has 7 nitrogen and oxygen atoms in total. The second kappa shape index (κ2) is 8.80. The maximum atomic E-state index is 13.4. The number of halogens is 1. The molecule has 0 unspecified atom stereocenters. The highest BCUT2D eigenvalue weighted by molar-refractivity contribution is 8.00. The lowest BCUT2D eigenvalue weighted by Gasteiger charge is -2.33. The van der Waals surface area contributed by atoms with E-state index >= 15 is 0 Å². The molecule has 1 aromatic heterocycles.